The number of hydrogen-bond acceptors (Lipinski definition) is 3. The lowest BCUT2D eigenvalue weighted by atomic mass is 10.3. The van der Waals surface area contributed by atoms with Crippen LogP contribution in [0.1, 0.15) is 18.4 Å². The Morgan fingerprint density at radius 2 is 2.13 bits per heavy atom. The molecule has 0 aliphatic heterocycles. The second-order valence-corrected chi connectivity index (χ2v) is 3.16. The molecule has 0 fully saturated rings. The highest BCUT2D eigenvalue weighted by molar-refractivity contribution is 5.91. The Bertz CT molecular complexity index is 359. The van der Waals surface area contributed by atoms with Crippen molar-refractivity contribution in [2.45, 2.75) is 19.8 Å². The number of aromatic nitrogens is 1. The molecule has 0 aliphatic rings. The lowest BCUT2D eigenvalue weighted by molar-refractivity contribution is -0.138. The number of nitrogens with one attached hydrogen (secondary N) is 1. The highest BCUT2D eigenvalue weighted by Gasteiger charge is 2.05. The molecule has 0 radical (unpaired) electrons. The molecule has 1 heterocycles. The summed E-state index contributed by atoms with van der Waals surface area (Å²) < 4.78 is 0. The predicted octanol–water partition coefficient (Wildman–Crippen LogP) is 1.19. The molecule has 0 atom stereocenters. The minimum atomic E-state index is -0.984. The zero-order valence-electron chi connectivity index (χ0n) is 8.36. The molecule has 80 valence electrons. The van der Waals surface area contributed by atoms with E-state index in [1.54, 1.807) is 12.3 Å². The van der Waals surface area contributed by atoms with Crippen molar-refractivity contribution in [3.63, 3.8) is 0 Å². The number of anilines is 1. The van der Waals surface area contributed by atoms with Crippen LogP contribution in [0.5, 0.6) is 0 Å². The third-order valence-electron chi connectivity index (χ3n) is 1.74. The summed E-state index contributed by atoms with van der Waals surface area (Å²) in [5.74, 6) is -0.883. The van der Waals surface area contributed by atoms with Gasteiger partial charge in [-0.15, -0.1) is 0 Å². The molecule has 0 saturated carbocycles. The number of rotatable bonds is 4. The molecule has 0 aromatic carbocycles. The summed E-state index contributed by atoms with van der Waals surface area (Å²) in [4.78, 5) is 25.4. The Labute approximate surface area is 87.1 Å². The Morgan fingerprint density at radius 3 is 2.67 bits per heavy atom. The van der Waals surface area contributed by atoms with Gasteiger partial charge in [0.15, 0.2) is 0 Å². The molecular weight excluding hydrogens is 196 g/mol. The molecule has 5 nitrogen and oxygen atoms in total. The van der Waals surface area contributed by atoms with E-state index in [2.05, 4.69) is 10.3 Å². The van der Waals surface area contributed by atoms with E-state index in [4.69, 9.17) is 5.11 Å². The number of pyridine rings is 1. The number of aryl methyl sites for hydroxylation is 1. The van der Waals surface area contributed by atoms with Crippen LogP contribution in [-0.4, -0.2) is 22.0 Å². The van der Waals surface area contributed by atoms with Gasteiger partial charge in [0.1, 0.15) is 5.82 Å². The van der Waals surface area contributed by atoms with Crippen LogP contribution >= 0.6 is 0 Å². The van der Waals surface area contributed by atoms with Gasteiger partial charge in [-0.2, -0.15) is 0 Å². The average Bonchev–Trinajstić information content (AvgIpc) is 2.19. The van der Waals surface area contributed by atoms with Crippen molar-refractivity contribution < 1.29 is 14.7 Å². The molecule has 0 spiro atoms. The number of nitrogens with zero attached hydrogens (tertiary/aromatic N) is 1. The van der Waals surface area contributed by atoms with E-state index < -0.39 is 5.97 Å². The van der Waals surface area contributed by atoms with Crippen molar-refractivity contribution in [2.75, 3.05) is 5.32 Å². The van der Waals surface area contributed by atoms with Gasteiger partial charge in [0.05, 0.1) is 6.42 Å². The van der Waals surface area contributed by atoms with Gasteiger partial charge in [-0.05, 0) is 18.6 Å². The van der Waals surface area contributed by atoms with E-state index >= 15 is 0 Å². The number of carbonyl (C=O) groups excluding carboxylic acids is 1. The number of carboxylic acids is 1. The van der Waals surface area contributed by atoms with Gasteiger partial charge >= 0.3 is 5.97 Å². The number of hydrogen-bond donors (Lipinski definition) is 2. The largest absolute Gasteiger partial charge is 0.481 e. The Morgan fingerprint density at radius 1 is 1.40 bits per heavy atom. The van der Waals surface area contributed by atoms with E-state index in [1.165, 1.54) is 0 Å². The number of carboxylic acid groups (broad SMARTS) is 1. The fourth-order valence-electron chi connectivity index (χ4n) is 0.968. The molecule has 1 aromatic heterocycles. The summed E-state index contributed by atoms with van der Waals surface area (Å²) >= 11 is 0. The monoisotopic (exact) mass is 208 g/mol. The van der Waals surface area contributed by atoms with Crippen LogP contribution < -0.4 is 5.32 Å². The van der Waals surface area contributed by atoms with Crippen molar-refractivity contribution in [3.8, 4) is 0 Å². The topological polar surface area (TPSA) is 79.3 Å². The van der Waals surface area contributed by atoms with Gasteiger partial charge in [0, 0.05) is 12.6 Å². The van der Waals surface area contributed by atoms with Crippen molar-refractivity contribution in [3.05, 3.63) is 23.9 Å². The Kier molecular flexibility index (Phi) is 3.79. The molecule has 0 unspecified atom stereocenters. The maximum Gasteiger partial charge on any atom is 0.303 e. The molecule has 2 N–H and O–H groups in total. The Balaban J connectivity index is 2.44. The highest BCUT2D eigenvalue weighted by atomic mass is 16.4. The highest BCUT2D eigenvalue weighted by Crippen LogP contribution is 2.04. The van der Waals surface area contributed by atoms with Crippen LogP contribution in [0.2, 0.25) is 0 Å². The first-order valence-corrected chi connectivity index (χ1v) is 4.52. The predicted molar refractivity (Wildman–Crippen MR) is 54.5 cm³/mol. The molecule has 0 bridgehead atoms. The van der Waals surface area contributed by atoms with Crippen LogP contribution in [0.15, 0.2) is 18.3 Å². The SMILES string of the molecule is Cc1ccc(NC(=O)CCC(=O)O)nc1. The molecule has 1 amide bonds. The van der Waals surface area contributed by atoms with Crippen molar-refractivity contribution in [1.82, 2.24) is 4.98 Å². The molecule has 0 saturated heterocycles. The molecule has 15 heavy (non-hydrogen) atoms. The minimum absolute atomic E-state index is 0.0368. The van der Waals surface area contributed by atoms with Crippen molar-refractivity contribution >= 4 is 17.7 Å². The summed E-state index contributed by atoms with van der Waals surface area (Å²) in [5.41, 5.74) is 0.999. The summed E-state index contributed by atoms with van der Waals surface area (Å²) in [7, 11) is 0. The fraction of sp³-hybridized carbons (Fsp3) is 0.300. The summed E-state index contributed by atoms with van der Waals surface area (Å²) in [5, 5.41) is 10.9. The number of aliphatic carboxylic acids is 1. The van der Waals surface area contributed by atoms with Crippen LogP contribution in [0.4, 0.5) is 5.82 Å². The smallest absolute Gasteiger partial charge is 0.303 e. The van der Waals surface area contributed by atoms with Gasteiger partial charge in [-0.3, -0.25) is 9.59 Å². The molecular formula is C10H12N2O3. The van der Waals surface area contributed by atoms with Crippen LogP contribution in [0.3, 0.4) is 0 Å². The van der Waals surface area contributed by atoms with Gasteiger partial charge in [0.25, 0.3) is 0 Å². The van der Waals surface area contributed by atoms with Gasteiger partial charge in [-0.25, -0.2) is 4.98 Å². The fourth-order valence-corrected chi connectivity index (χ4v) is 0.968. The van der Waals surface area contributed by atoms with E-state index in [0.717, 1.165) is 5.56 Å². The molecule has 1 rings (SSSR count). The lowest BCUT2D eigenvalue weighted by Gasteiger charge is -2.02. The first-order chi connectivity index (χ1) is 7.08. The van der Waals surface area contributed by atoms with Gasteiger partial charge < -0.3 is 10.4 Å². The van der Waals surface area contributed by atoms with E-state index in [1.807, 2.05) is 13.0 Å². The standard InChI is InChI=1S/C10H12N2O3/c1-7-2-3-8(11-6-7)12-9(13)4-5-10(14)15/h2-3,6H,4-5H2,1H3,(H,14,15)(H,11,12,13). The summed E-state index contributed by atoms with van der Waals surface area (Å²) in [6.07, 6.45) is 1.43. The summed E-state index contributed by atoms with van der Waals surface area (Å²) in [6, 6.07) is 3.49. The van der Waals surface area contributed by atoms with Gasteiger partial charge in [0.2, 0.25) is 5.91 Å². The van der Waals surface area contributed by atoms with Crippen molar-refractivity contribution in [1.29, 1.82) is 0 Å². The first-order valence-electron chi connectivity index (χ1n) is 4.52. The minimum Gasteiger partial charge on any atom is -0.481 e. The van der Waals surface area contributed by atoms with Crippen LogP contribution in [-0.2, 0) is 9.59 Å². The number of amides is 1. The second kappa shape index (κ2) is 5.09. The maximum atomic E-state index is 11.2. The average molecular weight is 208 g/mol. The third kappa shape index (κ3) is 4.21. The van der Waals surface area contributed by atoms with Crippen molar-refractivity contribution in [2.24, 2.45) is 0 Å². The Hall–Kier alpha value is -1.91. The third-order valence-corrected chi connectivity index (χ3v) is 1.74. The van der Waals surface area contributed by atoms with Crippen LogP contribution in [0, 0.1) is 6.92 Å². The second-order valence-electron chi connectivity index (χ2n) is 3.16. The molecule has 0 aliphatic carbocycles. The first kappa shape index (κ1) is 11.2. The van der Waals surface area contributed by atoms with E-state index in [0.29, 0.717) is 5.82 Å². The van der Waals surface area contributed by atoms with E-state index in [9.17, 15) is 9.59 Å². The lowest BCUT2D eigenvalue weighted by Crippen LogP contribution is -2.13. The van der Waals surface area contributed by atoms with Gasteiger partial charge in [-0.1, -0.05) is 6.07 Å². The number of carbonyl (C=O) groups is 2. The zero-order chi connectivity index (χ0) is 11.3. The normalized spacial score (nSPS) is 9.67. The van der Waals surface area contributed by atoms with Crippen LogP contribution in [0.25, 0.3) is 0 Å². The molecule has 5 heteroatoms. The molecule has 1 aromatic rings. The van der Waals surface area contributed by atoms with E-state index in [-0.39, 0.29) is 18.7 Å². The zero-order valence-corrected chi connectivity index (χ0v) is 8.36. The maximum absolute atomic E-state index is 11.2. The quantitative estimate of drug-likeness (QED) is 0.779. The summed E-state index contributed by atoms with van der Waals surface area (Å²) in [6.45, 7) is 1.89.